The van der Waals surface area contributed by atoms with Gasteiger partial charge in [-0.1, -0.05) is 13.8 Å². The lowest BCUT2D eigenvalue weighted by molar-refractivity contribution is 0.734. The summed E-state index contributed by atoms with van der Waals surface area (Å²) in [6.45, 7) is 6.45. The molecule has 0 spiro atoms. The van der Waals surface area contributed by atoms with Gasteiger partial charge >= 0.3 is 0 Å². The zero-order valence-corrected chi connectivity index (χ0v) is 6.23. The van der Waals surface area contributed by atoms with E-state index >= 15 is 0 Å². The highest BCUT2D eigenvalue weighted by atomic mass is 14.7. The molecule has 1 atom stereocenters. The summed E-state index contributed by atoms with van der Waals surface area (Å²) in [5, 5.41) is 0. The van der Waals surface area contributed by atoms with Crippen molar-refractivity contribution < 1.29 is 0 Å². The predicted molar refractivity (Wildman–Crippen MR) is 38.5 cm³/mol. The fourth-order valence-electron chi connectivity index (χ4n) is 0.516. The van der Waals surface area contributed by atoms with E-state index in [2.05, 4.69) is 25.8 Å². The monoisotopic (exact) mass is 113 g/mol. The Balaban J connectivity index is 3.63. The van der Waals surface area contributed by atoms with Crippen LogP contribution in [0.4, 0.5) is 0 Å². The van der Waals surface area contributed by atoms with Crippen molar-refractivity contribution in [2.45, 2.75) is 27.2 Å². The van der Waals surface area contributed by atoms with Crippen LogP contribution in [0.2, 0.25) is 0 Å². The molecule has 0 saturated carbocycles. The van der Waals surface area contributed by atoms with Crippen LogP contribution < -0.4 is 0 Å². The van der Waals surface area contributed by atoms with Crippen LogP contribution in [0, 0.1) is 5.92 Å². The lowest BCUT2D eigenvalue weighted by Gasteiger charge is -2.04. The fourth-order valence-corrected chi connectivity index (χ4v) is 0.516. The number of rotatable bonds is 2. The maximum absolute atomic E-state index is 4.08. The molecular formula is C7H15N. The first kappa shape index (κ1) is 7.67. The third-order valence-electron chi connectivity index (χ3n) is 1.68. The second-order valence-corrected chi connectivity index (χ2v) is 2.17. The van der Waals surface area contributed by atoms with Gasteiger partial charge < -0.3 is 0 Å². The third-order valence-corrected chi connectivity index (χ3v) is 1.68. The molecule has 8 heavy (non-hydrogen) atoms. The summed E-state index contributed by atoms with van der Waals surface area (Å²) in [4.78, 5) is 4.08. The van der Waals surface area contributed by atoms with E-state index in [1.807, 2.05) is 7.05 Å². The maximum atomic E-state index is 4.08. The van der Waals surface area contributed by atoms with Crippen LogP contribution in [0.15, 0.2) is 4.99 Å². The van der Waals surface area contributed by atoms with Gasteiger partial charge in [-0.25, -0.2) is 0 Å². The third kappa shape index (κ3) is 2.10. The molecular weight excluding hydrogens is 98.1 g/mol. The van der Waals surface area contributed by atoms with E-state index in [9.17, 15) is 0 Å². The van der Waals surface area contributed by atoms with E-state index < -0.39 is 0 Å². The average Bonchev–Trinajstić information content (AvgIpc) is 1.84. The Morgan fingerprint density at radius 2 is 2.12 bits per heavy atom. The van der Waals surface area contributed by atoms with Crippen molar-refractivity contribution in [2.75, 3.05) is 7.05 Å². The Labute approximate surface area is 51.8 Å². The van der Waals surface area contributed by atoms with Crippen molar-refractivity contribution in [3.05, 3.63) is 0 Å². The molecule has 0 aliphatic carbocycles. The Morgan fingerprint density at radius 3 is 2.25 bits per heavy atom. The highest BCUT2D eigenvalue weighted by Crippen LogP contribution is 2.01. The summed E-state index contributed by atoms with van der Waals surface area (Å²) < 4.78 is 0. The molecule has 0 fully saturated rings. The fraction of sp³-hybridized carbons (Fsp3) is 0.857. The summed E-state index contributed by atoms with van der Waals surface area (Å²) >= 11 is 0. The zero-order chi connectivity index (χ0) is 6.57. The predicted octanol–water partition coefficient (Wildman–Crippen LogP) is 2.12. The maximum Gasteiger partial charge on any atom is 0.0276 e. The molecule has 48 valence electrons. The van der Waals surface area contributed by atoms with Crippen molar-refractivity contribution in [1.82, 2.24) is 0 Å². The molecule has 1 unspecified atom stereocenters. The smallest absolute Gasteiger partial charge is 0.0276 e. The first-order valence-electron chi connectivity index (χ1n) is 3.15. The summed E-state index contributed by atoms with van der Waals surface area (Å²) in [6.07, 6.45) is 1.20. The SMILES string of the molecule is CCC(C)C(C)=NC. The van der Waals surface area contributed by atoms with Gasteiger partial charge in [-0.05, 0) is 19.3 Å². The Hall–Kier alpha value is -0.330. The molecule has 0 aromatic heterocycles. The first-order valence-corrected chi connectivity index (χ1v) is 3.15. The molecule has 0 N–H and O–H groups in total. The Morgan fingerprint density at radius 1 is 1.62 bits per heavy atom. The van der Waals surface area contributed by atoms with Gasteiger partial charge in [-0.15, -0.1) is 0 Å². The summed E-state index contributed by atoms with van der Waals surface area (Å²) in [5.41, 5.74) is 1.26. The van der Waals surface area contributed by atoms with E-state index in [1.54, 1.807) is 0 Å². The van der Waals surface area contributed by atoms with Gasteiger partial charge in [-0.3, -0.25) is 4.99 Å². The average molecular weight is 113 g/mol. The molecule has 0 heterocycles. The van der Waals surface area contributed by atoms with E-state index in [4.69, 9.17) is 0 Å². The number of hydrogen-bond donors (Lipinski definition) is 0. The molecule has 0 aliphatic rings. The van der Waals surface area contributed by atoms with Crippen LogP contribution in [-0.4, -0.2) is 12.8 Å². The van der Waals surface area contributed by atoms with Gasteiger partial charge in [0.2, 0.25) is 0 Å². The topological polar surface area (TPSA) is 12.4 Å². The number of hydrogen-bond acceptors (Lipinski definition) is 1. The van der Waals surface area contributed by atoms with Gasteiger partial charge in [0.15, 0.2) is 0 Å². The van der Waals surface area contributed by atoms with E-state index in [1.165, 1.54) is 12.1 Å². The van der Waals surface area contributed by atoms with Gasteiger partial charge in [0.1, 0.15) is 0 Å². The van der Waals surface area contributed by atoms with Crippen molar-refractivity contribution >= 4 is 5.71 Å². The summed E-state index contributed by atoms with van der Waals surface area (Å²) in [6, 6.07) is 0. The van der Waals surface area contributed by atoms with Crippen LogP contribution in [0.3, 0.4) is 0 Å². The highest BCUT2D eigenvalue weighted by molar-refractivity contribution is 5.83. The van der Waals surface area contributed by atoms with Gasteiger partial charge in [0, 0.05) is 12.8 Å². The van der Waals surface area contributed by atoms with E-state index in [0.29, 0.717) is 5.92 Å². The van der Waals surface area contributed by atoms with Crippen LogP contribution in [0.25, 0.3) is 0 Å². The van der Waals surface area contributed by atoms with E-state index in [0.717, 1.165) is 0 Å². The minimum Gasteiger partial charge on any atom is -0.297 e. The van der Waals surface area contributed by atoms with Crippen LogP contribution >= 0.6 is 0 Å². The zero-order valence-electron chi connectivity index (χ0n) is 6.23. The molecule has 0 aromatic carbocycles. The van der Waals surface area contributed by atoms with Crippen LogP contribution in [0.5, 0.6) is 0 Å². The standard InChI is InChI=1S/C7H15N/c1-5-6(2)7(3)8-4/h6H,5H2,1-4H3. The van der Waals surface area contributed by atoms with Crippen molar-refractivity contribution in [1.29, 1.82) is 0 Å². The van der Waals surface area contributed by atoms with Gasteiger partial charge in [0.25, 0.3) is 0 Å². The molecule has 1 heteroatoms. The summed E-state index contributed by atoms with van der Waals surface area (Å²) in [7, 11) is 1.85. The van der Waals surface area contributed by atoms with E-state index in [-0.39, 0.29) is 0 Å². The van der Waals surface area contributed by atoms with Crippen molar-refractivity contribution in [2.24, 2.45) is 10.9 Å². The summed E-state index contributed by atoms with van der Waals surface area (Å²) in [5.74, 6) is 0.667. The van der Waals surface area contributed by atoms with Crippen LogP contribution in [-0.2, 0) is 0 Å². The second kappa shape index (κ2) is 3.65. The molecule has 0 saturated heterocycles. The lowest BCUT2D eigenvalue weighted by Crippen LogP contribution is -2.04. The minimum atomic E-state index is 0.667. The van der Waals surface area contributed by atoms with Gasteiger partial charge in [-0.2, -0.15) is 0 Å². The minimum absolute atomic E-state index is 0.667. The largest absolute Gasteiger partial charge is 0.297 e. The highest BCUT2D eigenvalue weighted by Gasteiger charge is 1.98. The molecule has 0 radical (unpaired) electrons. The first-order chi connectivity index (χ1) is 3.72. The lowest BCUT2D eigenvalue weighted by atomic mass is 10.0. The second-order valence-electron chi connectivity index (χ2n) is 2.17. The molecule has 0 aromatic rings. The van der Waals surface area contributed by atoms with Crippen LogP contribution in [0.1, 0.15) is 27.2 Å². The number of aliphatic imine (C=N–C) groups is 1. The number of nitrogens with zero attached hydrogens (tertiary/aromatic N) is 1. The quantitative estimate of drug-likeness (QED) is 0.486. The molecule has 0 aliphatic heterocycles. The molecule has 0 amide bonds. The van der Waals surface area contributed by atoms with Gasteiger partial charge in [0.05, 0.1) is 0 Å². The molecule has 0 rings (SSSR count). The van der Waals surface area contributed by atoms with Crippen molar-refractivity contribution in [3.8, 4) is 0 Å². The normalized spacial score (nSPS) is 16.2. The Bertz CT molecular complexity index is 84.4. The molecule has 0 bridgehead atoms. The molecule has 1 nitrogen and oxygen atoms in total. The van der Waals surface area contributed by atoms with Crippen molar-refractivity contribution in [3.63, 3.8) is 0 Å². The Kier molecular flexibility index (Phi) is 3.49.